The molecule has 1 heterocycles. The number of aromatic nitrogens is 3. The van der Waals surface area contributed by atoms with Crippen molar-refractivity contribution in [2.45, 2.75) is 26.4 Å². The van der Waals surface area contributed by atoms with E-state index in [1.54, 1.807) is 45.0 Å². The van der Waals surface area contributed by atoms with Crippen molar-refractivity contribution in [1.82, 2.24) is 9.90 Å². The molecule has 0 aliphatic carbocycles. The van der Waals surface area contributed by atoms with Gasteiger partial charge in [0.05, 0.1) is 0 Å². The Balaban J connectivity index is 2.46. The van der Waals surface area contributed by atoms with Crippen molar-refractivity contribution in [3.63, 3.8) is 0 Å². The van der Waals surface area contributed by atoms with E-state index in [9.17, 15) is 10.0 Å². The zero-order valence-corrected chi connectivity index (χ0v) is 9.88. The molecule has 2 aromatic rings. The number of para-hydroxylation sites is 2. The van der Waals surface area contributed by atoms with Gasteiger partial charge in [-0.2, -0.15) is 4.79 Å². The number of nitrogens with zero attached hydrogens (tertiary/aromatic N) is 3. The first-order valence-corrected chi connectivity index (χ1v) is 5.19. The lowest BCUT2D eigenvalue weighted by atomic mass is 10.2. The molecule has 0 atom stereocenters. The highest BCUT2D eigenvalue weighted by molar-refractivity contribution is 5.83. The molecule has 90 valence electrons. The molecule has 0 saturated heterocycles. The van der Waals surface area contributed by atoms with Gasteiger partial charge in [-0.15, -0.1) is 4.85 Å². The van der Waals surface area contributed by atoms with E-state index in [0.29, 0.717) is 15.9 Å². The molecule has 0 amide bonds. The number of hydrogen-bond acceptors (Lipinski definition) is 4. The largest absolute Gasteiger partial charge is 0.691 e. The van der Waals surface area contributed by atoms with E-state index in [1.165, 1.54) is 0 Å². The molecule has 0 bridgehead atoms. The number of carbonyl (C=O) groups is 1. The predicted octanol–water partition coefficient (Wildman–Crippen LogP) is 1.45. The average Bonchev–Trinajstić information content (AvgIpc) is 2.55. The van der Waals surface area contributed by atoms with Crippen LogP contribution in [0.3, 0.4) is 0 Å². The topological polar surface area (TPSA) is 71.1 Å². The number of hydrogen-bond donors (Lipinski definition) is 0. The Morgan fingerprint density at radius 3 is 2.71 bits per heavy atom. The van der Waals surface area contributed by atoms with Crippen molar-refractivity contribution < 1.29 is 14.4 Å². The van der Waals surface area contributed by atoms with Gasteiger partial charge in [-0.25, -0.2) is 0 Å². The molecule has 2 rings (SSSR count). The fourth-order valence-corrected chi connectivity index (χ4v) is 1.42. The molecular formula is C11H13N3O3. The van der Waals surface area contributed by atoms with Crippen LogP contribution in [-0.2, 0) is 4.74 Å². The zero-order chi connectivity index (χ0) is 12.6. The molecule has 1 aromatic carbocycles. The molecule has 0 saturated carbocycles. The third kappa shape index (κ3) is 2.20. The highest BCUT2D eigenvalue weighted by Gasteiger charge is 2.27. The normalized spacial score (nSPS) is 11.7. The third-order valence-electron chi connectivity index (χ3n) is 2.05. The molecule has 1 aromatic heterocycles. The molecule has 0 N–H and O–H groups in total. The van der Waals surface area contributed by atoms with Crippen LogP contribution in [-0.4, -0.2) is 21.6 Å². The summed E-state index contributed by atoms with van der Waals surface area (Å²) < 4.78 is 6.12. The van der Waals surface area contributed by atoms with Crippen LogP contribution in [0.25, 0.3) is 11.0 Å². The Kier molecular flexibility index (Phi) is 2.49. The summed E-state index contributed by atoms with van der Waals surface area (Å²) in [5.74, 6) is 0. The van der Waals surface area contributed by atoms with Crippen LogP contribution in [0.1, 0.15) is 20.8 Å². The van der Waals surface area contributed by atoms with Crippen LogP contribution < -0.4 is 4.85 Å². The standard InChI is InChI=1S/C11H13N3O3/c1-11(2,3)17-10(15)13-8-6-4-5-7-9(8)14(16)12-13/h4-7H,1-3H3. The summed E-state index contributed by atoms with van der Waals surface area (Å²) in [5.41, 5.74) is 0.132. The maximum atomic E-state index is 11.8. The minimum Gasteiger partial charge on any atom is -0.691 e. The van der Waals surface area contributed by atoms with Crippen molar-refractivity contribution in [3.05, 3.63) is 29.5 Å². The molecular weight excluding hydrogens is 222 g/mol. The second-order valence-electron chi connectivity index (χ2n) is 4.64. The van der Waals surface area contributed by atoms with Gasteiger partial charge in [-0.05, 0) is 37.6 Å². The fraction of sp³-hybridized carbons (Fsp3) is 0.364. The van der Waals surface area contributed by atoms with Gasteiger partial charge in [0.25, 0.3) is 0 Å². The molecule has 0 fully saturated rings. The van der Waals surface area contributed by atoms with Crippen LogP contribution in [0.15, 0.2) is 24.3 Å². The molecule has 0 aliphatic heterocycles. The monoisotopic (exact) mass is 235 g/mol. The second-order valence-corrected chi connectivity index (χ2v) is 4.64. The van der Waals surface area contributed by atoms with E-state index in [0.717, 1.165) is 4.68 Å². The van der Waals surface area contributed by atoms with Crippen molar-refractivity contribution in [1.29, 1.82) is 0 Å². The van der Waals surface area contributed by atoms with E-state index in [4.69, 9.17) is 4.74 Å². The average molecular weight is 235 g/mol. The fourth-order valence-electron chi connectivity index (χ4n) is 1.42. The van der Waals surface area contributed by atoms with Gasteiger partial charge >= 0.3 is 6.09 Å². The maximum Gasteiger partial charge on any atom is 0.534 e. The summed E-state index contributed by atoms with van der Waals surface area (Å²) in [7, 11) is 0. The van der Waals surface area contributed by atoms with E-state index in [1.807, 2.05) is 0 Å². The first-order valence-electron chi connectivity index (χ1n) is 5.19. The minimum atomic E-state index is -0.664. The van der Waals surface area contributed by atoms with Crippen molar-refractivity contribution in [2.24, 2.45) is 0 Å². The van der Waals surface area contributed by atoms with Crippen LogP contribution in [0, 0.1) is 5.21 Å². The van der Waals surface area contributed by atoms with Gasteiger partial charge in [-0.1, -0.05) is 12.1 Å². The Morgan fingerprint density at radius 2 is 2.06 bits per heavy atom. The Morgan fingerprint density at radius 1 is 1.41 bits per heavy atom. The minimum absolute atomic E-state index is 0.332. The van der Waals surface area contributed by atoms with Crippen LogP contribution in [0.4, 0.5) is 4.79 Å². The molecule has 0 aliphatic rings. The lowest BCUT2D eigenvalue weighted by Crippen LogP contribution is -2.33. The summed E-state index contributed by atoms with van der Waals surface area (Å²) in [6.07, 6.45) is -0.664. The van der Waals surface area contributed by atoms with Gasteiger partial charge < -0.3 is 9.94 Å². The SMILES string of the molecule is CC(C)(C)OC(=O)n1n[n+]([O-])c2ccccc21. The van der Waals surface area contributed by atoms with Crippen molar-refractivity contribution in [3.8, 4) is 0 Å². The van der Waals surface area contributed by atoms with E-state index in [2.05, 4.69) is 5.21 Å². The van der Waals surface area contributed by atoms with Gasteiger partial charge in [0.2, 0.25) is 11.0 Å². The molecule has 17 heavy (non-hydrogen) atoms. The smallest absolute Gasteiger partial charge is 0.534 e. The Labute approximate surface area is 98.0 Å². The third-order valence-corrected chi connectivity index (χ3v) is 2.05. The summed E-state index contributed by atoms with van der Waals surface area (Å²) in [4.78, 5) is 12.2. The van der Waals surface area contributed by atoms with Gasteiger partial charge in [0.1, 0.15) is 10.8 Å². The number of fused-ring (bicyclic) bond motifs is 1. The Hall–Kier alpha value is -2.11. The van der Waals surface area contributed by atoms with Crippen molar-refractivity contribution >= 4 is 17.1 Å². The van der Waals surface area contributed by atoms with Gasteiger partial charge in [0.15, 0.2) is 0 Å². The number of benzene rings is 1. The number of ether oxygens (including phenoxy) is 1. The van der Waals surface area contributed by atoms with Crippen LogP contribution in [0.2, 0.25) is 0 Å². The second kappa shape index (κ2) is 3.73. The van der Waals surface area contributed by atoms with Crippen LogP contribution >= 0.6 is 0 Å². The maximum absolute atomic E-state index is 11.8. The first kappa shape index (κ1) is 11.4. The summed E-state index contributed by atoms with van der Waals surface area (Å²) >= 11 is 0. The molecule has 6 heteroatoms. The summed E-state index contributed by atoms with van der Waals surface area (Å²) in [6, 6.07) is 6.67. The van der Waals surface area contributed by atoms with E-state index in [-0.39, 0.29) is 0 Å². The molecule has 0 spiro atoms. The summed E-state index contributed by atoms with van der Waals surface area (Å²) in [6.45, 7) is 5.26. The molecule has 0 radical (unpaired) electrons. The molecule has 0 unspecified atom stereocenters. The number of rotatable bonds is 0. The lowest BCUT2D eigenvalue weighted by Gasteiger charge is -2.16. The highest BCUT2D eigenvalue weighted by atomic mass is 16.6. The Bertz CT molecular complexity index is 569. The van der Waals surface area contributed by atoms with Crippen LogP contribution in [0.5, 0.6) is 0 Å². The lowest BCUT2D eigenvalue weighted by molar-refractivity contribution is -0.645. The quantitative estimate of drug-likeness (QED) is 0.512. The predicted molar refractivity (Wildman–Crippen MR) is 60.3 cm³/mol. The van der Waals surface area contributed by atoms with Gasteiger partial charge in [0, 0.05) is 0 Å². The highest BCUT2D eigenvalue weighted by Crippen LogP contribution is 2.12. The zero-order valence-electron chi connectivity index (χ0n) is 9.88. The van der Waals surface area contributed by atoms with Gasteiger partial charge in [-0.3, -0.25) is 0 Å². The van der Waals surface area contributed by atoms with E-state index < -0.39 is 11.7 Å². The summed E-state index contributed by atoms with van der Waals surface area (Å²) in [5, 5.41) is 15.0. The first-order chi connectivity index (χ1) is 7.88. The van der Waals surface area contributed by atoms with E-state index >= 15 is 0 Å². The number of carbonyl (C=O) groups excluding carboxylic acids is 1. The van der Waals surface area contributed by atoms with Crippen molar-refractivity contribution in [2.75, 3.05) is 0 Å². The molecule has 6 nitrogen and oxygen atoms in total.